The van der Waals surface area contributed by atoms with Gasteiger partial charge in [0.25, 0.3) is 10.0 Å². The Bertz CT molecular complexity index is 1740. The Morgan fingerprint density at radius 2 is 1.87 bits per heavy atom. The fourth-order valence-electron chi connectivity index (χ4n) is 4.26. The van der Waals surface area contributed by atoms with Crippen LogP contribution in [0.4, 0.5) is 22.0 Å². The van der Waals surface area contributed by atoms with Crippen molar-refractivity contribution in [2.45, 2.75) is 43.5 Å². The Balaban J connectivity index is 1.23. The first-order chi connectivity index (χ1) is 18.3. The lowest BCUT2D eigenvalue weighted by Crippen LogP contribution is -2.14. The average Bonchev–Trinajstić information content (AvgIpc) is 3.49. The standard InChI is InChI=1S/C26H25FN8O2S/c1-15-3-7-18(8-4-15)38(36,37)35-12-10-20-22(35)13-19(27)25(30-20)16(2)29-26-28-11-9-23(32-26)31-24-14-21(33-34-24)17-5-6-17/h3-4,7-14,16-17H,5-6H2,1-2H3,(H3,28,29,31,32,33,34)/t16-/m1/s1. The van der Waals surface area contributed by atoms with Crippen LogP contribution in [0, 0.1) is 12.7 Å². The summed E-state index contributed by atoms with van der Waals surface area (Å²) in [5.74, 6) is 1.38. The Morgan fingerprint density at radius 1 is 1.08 bits per heavy atom. The van der Waals surface area contributed by atoms with Crippen molar-refractivity contribution in [1.82, 2.24) is 29.1 Å². The molecule has 1 saturated carbocycles. The molecule has 0 aliphatic heterocycles. The summed E-state index contributed by atoms with van der Waals surface area (Å²) in [6.07, 6.45) is 5.31. The predicted octanol–water partition coefficient (Wildman–Crippen LogP) is 5.03. The lowest BCUT2D eigenvalue weighted by molar-refractivity contribution is 0.586. The van der Waals surface area contributed by atoms with Crippen LogP contribution < -0.4 is 10.6 Å². The van der Waals surface area contributed by atoms with E-state index in [2.05, 4.69) is 35.8 Å². The Kier molecular flexibility index (Phi) is 5.83. The SMILES string of the molecule is Cc1ccc(S(=O)(=O)n2ccc3nc([C@@H](C)Nc4nccc(Nc5cc(C6CC6)[nH]n5)n4)c(F)cc32)cc1. The second-order valence-electron chi connectivity index (χ2n) is 9.43. The monoisotopic (exact) mass is 532 g/mol. The van der Waals surface area contributed by atoms with E-state index in [0.29, 0.717) is 23.1 Å². The third-order valence-electron chi connectivity index (χ3n) is 6.48. The number of halogens is 1. The zero-order valence-electron chi connectivity index (χ0n) is 20.7. The van der Waals surface area contributed by atoms with Gasteiger partial charge in [0.15, 0.2) is 5.82 Å². The van der Waals surface area contributed by atoms with Crippen molar-refractivity contribution in [1.29, 1.82) is 0 Å². The van der Waals surface area contributed by atoms with Crippen molar-refractivity contribution in [3.63, 3.8) is 0 Å². The van der Waals surface area contributed by atoms with E-state index in [1.165, 1.54) is 37.2 Å². The highest BCUT2D eigenvalue weighted by molar-refractivity contribution is 7.90. The van der Waals surface area contributed by atoms with Gasteiger partial charge in [-0.3, -0.25) is 5.10 Å². The maximum atomic E-state index is 15.2. The molecule has 4 heterocycles. The maximum absolute atomic E-state index is 15.2. The molecule has 0 spiro atoms. The number of H-pyrrole nitrogens is 1. The largest absolute Gasteiger partial charge is 0.346 e. The molecular weight excluding hydrogens is 507 g/mol. The second kappa shape index (κ2) is 9.21. The quantitative estimate of drug-likeness (QED) is 0.254. The molecule has 10 nitrogen and oxygen atoms in total. The summed E-state index contributed by atoms with van der Waals surface area (Å²) in [6.45, 7) is 3.61. The number of hydrogen-bond donors (Lipinski definition) is 3. The number of pyridine rings is 1. The average molecular weight is 533 g/mol. The van der Waals surface area contributed by atoms with Crippen LogP contribution in [0.5, 0.6) is 0 Å². The van der Waals surface area contributed by atoms with Crippen LogP contribution in [0.2, 0.25) is 0 Å². The molecule has 6 rings (SSSR count). The summed E-state index contributed by atoms with van der Waals surface area (Å²) in [4.78, 5) is 13.2. The van der Waals surface area contributed by atoms with E-state index in [-0.39, 0.29) is 22.1 Å². The Hall–Kier alpha value is -4.32. The van der Waals surface area contributed by atoms with Crippen molar-refractivity contribution in [2.75, 3.05) is 10.6 Å². The zero-order valence-corrected chi connectivity index (χ0v) is 21.5. The molecule has 194 valence electrons. The van der Waals surface area contributed by atoms with Gasteiger partial charge in [0.1, 0.15) is 11.6 Å². The molecule has 12 heteroatoms. The molecule has 1 atom stereocenters. The molecule has 1 aromatic carbocycles. The number of hydrogen-bond acceptors (Lipinski definition) is 8. The third kappa shape index (κ3) is 4.58. The van der Waals surface area contributed by atoms with E-state index >= 15 is 4.39 Å². The lowest BCUT2D eigenvalue weighted by atomic mass is 10.2. The zero-order chi connectivity index (χ0) is 26.4. The van der Waals surface area contributed by atoms with Gasteiger partial charge in [-0.05, 0) is 51.0 Å². The molecule has 5 aromatic rings. The van der Waals surface area contributed by atoms with Crippen molar-refractivity contribution < 1.29 is 12.8 Å². The number of fused-ring (bicyclic) bond motifs is 1. The van der Waals surface area contributed by atoms with E-state index < -0.39 is 21.9 Å². The van der Waals surface area contributed by atoms with Gasteiger partial charge < -0.3 is 10.6 Å². The summed E-state index contributed by atoms with van der Waals surface area (Å²) in [5, 5.41) is 13.5. The van der Waals surface area contributed by atoms with Gasteiger partial charge in [0, 0.05) is 36.1 Å². The number of aromatic nitrogens is 6. The molecule has 0 unspecified atom stereocenters. The first kappa shape index (κ1) is 24.0. The van der Waals surface area contributed by atoms with Gasteiger partial charge in [-0.1, -0.05) is 17.7 Å². The van der Waals surface area contributed by atoms with Gasteiger partial charge in [0.05, 0.1) is 27.7 Å². The van der Waals surface area contributed by atoms with Crippen LogP contribution >= 0.6 is 0 Å². The molecule has 0 saturated heterocycles. The van der Waals surface area contributed by atoms with Crippen LogP contribution in [0.3, 0.4) is 0 Å². The van der Waals surface area contributed by atoms with Gasteiger partial charge in [-0.25, -0.2) is 26.7 Å². The molecule has 0 radical (unpaired) electrons. The van der Waals surface area contributed by atoms with E-state index in [1.807, 2.05) is 13.0 Å². The highest BCUT2D eigenvalue weighted by Crippen LogP contribution is 2.39. The molecule has 1 aliphatic carbocycles. The molecule has 4 aromatic heterocycles. The van der Waals surface area contributed by atoms with E-state index in [4.69, 9.17) is 0 Å². The summed E-state index contributed by atoms with van der Waals surface area (Å²) in [6, 6.07) is 12.3. The van der Waals surface area contributed by atoms with Crippen molar-refractivity contribution in [3.8, 4) is 0 Å². The van der Waals surface area contributed by atoms with E-state index in [1.54, 1.807) is 37.4 Å². The predicted molar refractivity (Wildman–Crippen MR) is 141 cm³/mol. The van der Waals surface area contributed by atoms with Gasteiger partial charge in [-0.2, -0.15) is 10.1 Å². The van der Waals surface area contributed by atoms with E-state index in [9.17, 15) is 8.42 Å². The maximum Gasteiger partial charge on any atom is 0.268 e. The van der Waals surface area contributed by atoms with Crippen LogP contribution in [-0.2, 0) is 10.0 Å². The lowest BCUT2D eigenvalue weighted by Gasteiger charge is -2.15. The highest BCUT2D eigenvalue weighted by Gasteiger charge is 2.26. The van der Waals surface area contributed by atoms with E-state index in [0.717, 1.165) is 15.2 Å². The first-order valence-electron chi connectivity index (χ1n) is 12.2. The third-order valence-corrected chi connectivity index (χ3v) is 8.18. The second-order valence-corrected chi connectivity index (χ2v) is 11.2. The fraction of sp³-hybridized carbons (Fsp3) is 0.231. The molecule has 1 aliphatic rings. The Labute approximate surface area is 218 Å². The molecule has 38 heavy (non-hydrogen) atoms. The number of benzene rings is 1. The molecule has 1 fully saturated rings. The number of aryl methyl sites for hydroxylation is 1. The summed E-state index contributed by atoms with van der Waals surface area (Å²) in [7, 11) is -3.91. The smallest absolute Gasteiger partial charge is 0.268 e. The molecule has 0 bridgehead atoms. The minimum absolute atomic E-state index is 0.115. The molecular formula is C26H25FN8O2S. The van der Waals surface area contributed by atoms with Gasteiger partial charge in [-0.15, -0.1) is 0 Å². The van der Waals surface area contributed by atoms with Crippen LogP contribution in [-0.4, -0.2) is 37.5 Å². The van der Waals surface area contributed by atoms with Crippen LogP contribution in [0.15, 0.2) is 65.8 Å². The van der Waals surface area contributed by atoms with Crippen LogP contribution in [0.25, 0.3) is 11.0 Å². The molecule has 0 amide bonds. The minimum Gasteiger partial charge on any atom is -0.346 e. The van der Waals surface area contributed by atoms with Crippen molar-refractivity contribution in [2.24, 2.45) is 0 Å². The fourth-order valence-corrected chi connectivity index (χ4v) is 5.59. The van der Waals surface area contributed by atoms with Crippen molar-refractivity contribution in [3.05, 3.63) is 83.7 Å². The van der Waals surface area contributed by atoms with Gasteiger partial charge >= 0.3 is 0 Å². The summed E-state index contributed by atoms with van der Waals surface area (Å²) >= 11 is 0. The highest BCUT2D eigenvalue weighted by atomic mass is 32.2. The minimum atomic E-state index is -3.91. The normalized spacial score (nSPS) is 14.5. The number of anilines is 3. The number of nitrogens with one attached hydrogen (secondary N) is 3. The van der Waals surface area contributed by atoms with Crippen LogP contribution in [0.1, 0.15) is 48.7 Å². The molecule has 3 N–H and O–H groups in total. The summed E-state index contributed by atoms with van der Waals surface area (Å²) < 4.78 is 42.6. The van der Waals surface area contributed by atoms with Crippen molar-refractivity contribution >= 4 is 38.6 Å². The number of aromatic amines is 1. The Morgan fingerprint density at radius 3 is 2.63 bits per heavy atom. The first-order valence-corrected chi connectivity index (χ1v) is 13.6. The topological polar surface area (TPSA) is 130 Å². The summed E-state index contributed by atoms with van der Waals surface area (Å²) in [5.41, 5.74) is 2.67. The number of rotatable bonds is 8. The van der Waals surface area contributed by atoms with Gasteiger partial charge in [0.2, 0.25) is 5.95 Å². The number of nitrogens with zero attached hydrogens (tertiary/aromatic N) is 5.